The van der Waals surface area contributed by atoms with Crippen LogP contribution >= 0.6 is 11.6 Å². The fourth-order valence-electron chi connectivity index (χ4n) is 1.47. The van der Waals surface area contributed by atoms with Crippen molar-refractivity contribution in [2.24, 2.45) is 0 Å². The summed E-state index contributed by atoms with van der Waals surface area (Å²) in [4.78, 5) is 15.6. The normalized spacial score (nSPS) is 9.79. The third-order valence-electron chi connectivity index (χ3n) is 2.40. The van der Waals surface area contributed by atoms with Crippen molar-refractivity contribution in [2.45, 2.75) is 19.9 Å². The molecule has 0 fully saturated rings. The van der Waals surface area contributed by atoms with Gasteiger partial charge in [0.15, 0.2) is 5.82 Å². The van der Waals surface area contributed by atoms with E-state index in [1.807, 2.05) is 19.1 Å². The van der Waals surface area contributed by atoms with Crippen molar-refractivity contribution in [3.63, 3.8) is 0 Å². The summed E-state index contributed by atoms with van der Waals surface area (Å²) in [6.45, 7) is 2.23. The Morgan fingerprint density at radius 1 is 1.26 bits per heavy atom. The van der Waals surface area contributed by atoms with Gasteiger partial charge in [-0.3, -0.25) is 4.79 Å². The number of rotatable bonds is 2. The van der Waals surface area contributed by atoms with Crippen LogP contribution in [0.1, 0.15) is 13.3 Å². The molecule has 19 heavy (non-hydrogen) atoms. The molecule has 2 rings (SSSR count). The van der Waals surface area contributed by atoms with Crippen LogP contribution in [0.2, 0.25) is 5.02 Å². The van der Waals surface area contributed by atoms with E-state index in [9.17, 15) is 4.79 Å². The molecule has 0 amide bonds. The van der Waals surface area contributed by atoms with Crippen LogP contribution in [0.15, 0.2) is 35.3 Å². The van der Waals surface area contributed by atoms with Crippen LogP contribution in [0.4, 0.5) is 0 Å². The number of hydrogen-bond donors (Lipinski definition) is 0. The SMILES string of the molecule is CCC#CCn1nc(-c2ccc(Cl)cc2)ncc1=O. The van der Waals surface area contributed by atoms with Crippen LogP contribution in [0.25, 0.3) is 11.4 Å². The van der Waals surface area contributed by atoms with E-state index >= 15 is 0 Å². The summed E-state index contributed by atoms with van der Waals surface area (Å²) >= 11 is 5.83. The van der Waals surface area contributed by atoms with Crippen LogP contribution in [-0.4, -0.2) is 14.8 Å². The van der Waals surface area contributed by atoms with Gasteiger partial charge in [0.25, 0.3) is 5.56 Å². The molecule has 0 atom stereocenters. The van der Waals surface area contributed by atoms with Crippen molar-refractivity contribution in [2.75, 3.05) is 0 Å². The van der Waals surface area contributed by atoms with Gasteiger partial charge in [0.2, 0.25) is 0 Å². The predicted molar refractivity (Wildman–Crippen MR) is 74.8 cm³/mol. The lowest BCUT2D eigenvalue weighted by Gasteiger charge is -2.03. The molecule has 0 radical (unpaired) electrons. The zero-order valence-corrected chi connectivity index (χ0v) is 11.2. The van der Waals surface area contributed by atoms with E-state index in [1.54, 1.807) is 12.1 Å². The maximum Gasteiger partial charge on any atom is 0.286 e. The van der Waals surface area contributed by atoms with Crippen LogP contribution in [0.5, 0.6) is 0 Å². The molecule has 0 bridgehead atoms. The lowest BCUT2D eigenvalue weighted by molar-refractivity contribution is 0.652. The summed E-state index contributed by atoms with van der Waals surface area (Å²) in [6.07, 6.45) is 2.01. The Morgan fingerprint density at radius 3 is 2.68 bits per heavy atom. The van der Waals surface area contributed by atoms with Gasteiger partial charge in [-0.25, -0.2) is 9.67 Å². The molecule has 0 aliphatic rings. The zero-order valence-electron chi connectivity index (χ0n) is 10.4. The fourth-order valence-corrected chi connectivity index (χ4v) is 1.60. The van der Waals surface area contributed by atoms with Crippen molar-refractivity contribution in [3.05, 3.63) is 45.8 Å². The second kappa shape index (κ2) is 6.17. The number of halogens is 1. The molecule has 4 nitrogen and oxygen atoms in total. The molecule has 0 N–H and O–H groups in total. The Balaban J connectivity index is 2.35. The Morgan fingerprint density at radius 2 is 2.00 bits per heavy atom. The van der Waals surface area contributed by atoms with Gasteiger partial charge in [-0.2, -0.15) is 0 Å². The highest BCUT2D eigenvalue weighted by molar-refractivity contribution is 6.30. The molecule has 1 heterocycles. The molecule has 5 heteroatoms. The Labute approximate surface area is 116 Å². The second-order valence-electron chi connectivity index (χ2n) is 3.79. The topological polar surface area (TPSA) is 47.8 Å². The fraction of sp³-hybridized carbons (Fsp3) is 0.214. The van der Waals surface area contributed by atoms with E-state index in [-0.39, 0.29) is 12.1 Å². The average molecular weight is 274 g/mol. The third-order valence-corrected chi connectivity index (χ3v) is 2.65. The maximum absolute atomic E-state index is 11.6. The van der Waals surface area contributed by atoms with Crippen LogP contribution in [0, 0.1) is 11.8 Å². The number of nitrogens with zero attached hydrogens (tertiary/aromatic N) is 3. The molecular weight excluding hydrogens is 262 g/mol. The molecule has 1 aromatic heterocycles. The van der Waals surface area contributed by atoms with Gasteiger partial charge < -0.3 is 0 Å². The van der Waals surface area contributed by atoms with Crippen molar-refractivity contribution in [1.29, 1.82) is 0 Å². The van der Waals surface area contributed by atoms with Crippen LogP contribution in [0.3, 0.4) is 0 Å². The Kier molecular flexibility index (Phi) is 4.32. The third kappa shape index (κ3) is 3.43. The van der Waals surface area contributed by atoms with Gasteiger partial charge in [-0.05, 0) is 24.3 Å². The van der Waals surface area contributed by atoms with E-state index in [1.165, 1.54) is 10.9 Å². The number of aromatic nitrogens is 3. The van der Waals surface area contributed by atoms with E-state index in [0.717, 1.165) is 12.0 Å². The molecule has 0 unspecified atom stereocenters. The summed E-state index contributed by atoms with van der Waals surface area (Å²) in [5.41, 5.74) is 0.546. The van der Waals surface area contributed by atoms with E-state index < -0.39 is 0 Å². The van der Waals surface area contributed by atoms with Crippen molar-refractivity contribution < 1.29 is 0 Å². The van der Waals surface area contributed by atoms with Gasteiger partial charge in [-0.15, -0.1) is 11.0 Å². The van der Waals surface area contributed by atoms with Gasteiger partial charge in [-0.1, -0.05) is 24.4 Å². The first kappa shape index (κ1) is 13.3. The molecule has 0 aliphatic carbocycles. The number of hydrogen-bond acceptors (Lipinski definition) is 3. The smallest absolute Gasteiger partial charge is 0.266 e. The van der Waals surface area contributed by atoms with Gasteiger partial charge >= 0.3 is 0 Å². The summed E-state index contributed by atoms with van der Waals surface area (Å²) in [5, 5.41) is 4.84. The van der Waals surface area contributed by atoms with Crippen molar-refractivity contribution in [3.8, 4) is 23.2 Å². The minimum absolute atomic E-state index is 0.261. The zero-order chi connectivity index (χ0) is 13.7. The van der Waals surface area contributed by atoms with E-state index in [0.29, 0.717) is 10.8 Å². The van der Waals surface area contributed by atoms with Crippen LogP contribution < -0.4 is 5.56 Å². The lowest BCUT2D eigenvalue weighted by atomic mass is 10.2. The van der Waals surface area contributed by atoms with Crippen molar-refractivity contribution >= 4 is 11.6 Å². The lowest BCUT2D eigenvalue weighted by Crippen LogP contribution is -2.23. The molecule has 0 saturated carbocycles. The van der Waals surface area contributed by atoms with Gasteiger partial charge in [0.1, 0.15) is 6.54 Å². The second-order valence-corrected chi connectivity index (χ2v) is 4.23. The monoisotopic (exact) mass is 273 g/mol. The Bertz CT molecular complexity index is 680. The summed E-state index contributed by atoms with van der Waals surface area (Å²) in [7, 11) is 0. The Hall–Kier alpha value is -2.12. The molecular formula is C14H12ClN3O. The highest BCUT2D eigenvalue weighted by Crippen LogP contribution is 2.16. The highest BCUT2D eigenvalue weighted by Gasteiger charge is 2.04. The molecule has 2 aromatic rings. The summed E-state index contributed by atoms with van der Waals surface area (Å²) in [5.74, 6) is 6.27. The maximum atomic E-state index is 11.6. The van der Waals surface area contributed by atoms with E-state index in [4.69, 9.17) is 11.6 Å². The minimum atomic E-state index is -0.261. The molecule has 96 valence electrons. The average Bonchev–Trinajstić information content (AvgIpc) is 2.42. The van der Waals surface area contributed by atoms with Gasteiger partial charge in [0.05, 0.1) is 6.20 Å². The first-order valence-electron chi connectivity index (χ1n) is 5.86. The quantitative estimate of drug-likeness (QED) is 0.789. The number of benzene rings is 1. The molecule has 1 aromatic carbocycles. The summed E-state index contributed by atoms with van der Waals surface area (Å²) in [6, 6.07) is 7.13. The molecule has 0 saturated heterocycles. The first-order chi connectivity index (χ1) is 9.20. The van der Waals surface area contributed by atoms with Crippen molar-refractivity contribution in [1.82, 2.24) is 14.8 Å². The van der Waals surface area contributed by atoms with E-state index in [2.05, 4.69) is 21.9 Å². The van der Waals surface area contributed by atoms with Gasteiger partial charge in [0, 0.05) is 17.0 Å². The van der Waals surface area contributed by atoms with Crippen LogP contribution in [-0.2, 0) is 6.54 Å². The largest absolute Gasteiger partial charge is 0.286 e. The minimum Gasteiger partial charge on any atom is -0.266 e. The molecule has 0 spiro atoms. The first-order valence-corrected chi connectivity index (χ1v) is 6.24. The highest BCUT2D eigenvalue weighted by atomic mass is 35.5. The molecule has 0 aliphatic heterocycles. The standard InChI is InChI=1S/C14H12ClN3O/c1-2-3-4-9-18-13(19)10-16-14(17-18)11-5-7-12(15)8-6-11/h5-8,10H,2,9H2,1H3. The summed E-state index contributed by atoms with van der Waals surface area (Å²) < 4.78 is 1.31. The predicted octanol–water partition coefficient (Wildman–Crippen LogP) is 2.37.